The summed E-state index contributed by atoms with van der Waals surface area (Å²) in [6.07, 6.45) is 1.57. The summed E-state index contributed by atoms with van der Waals surface area (Å²) in [4.78, 5) is 16.6. The molecular weight excluding hydrogens is 400 g/mol. The molecule has 0 aliphatic heterocycles. The summed E-state index contributed by atoms with van der Waals surface area (Å²) >= 11 is 3.38. The molecule has 134 valence electrons. The predicted molar refractivity (Wildman–Crippen MR) is 101 cm³/mol. The molecular formula is C18H17BrN4O3. The average molecular weight is 417 g/mol. The number of carbonyl (C=O) groups is 1. The van der Waals surface area contributed by atoms with Crippen molar-refractivity contribution in [2.75, 3.05) is 19.5 Å². The van der Waals surface area contributed by atoms with E-state index in [0.29, 0.717) is 28.1 Å². The Morgan fingerprint density at radius 3 is 2.42 bits per heavy atom. The fraction of sp³-hybridized carbons (Fsp3) is 0.167. The molecule has 0 bridgehead atoms. The molecule has 0 atom stereocenters. The fourth-order valence-corrected chi connectivity index (χ4v) is 2.93. The molecule has 0 fully saturated rings. The van der Waals surface area contributed by atoms with Crippen LogP contribution in [0.1, 0.15) is 15.9 Å². The fourth-order valence-electron chi connectivity index (χ4n) is 2.37. The van der Waals surface area contributed by atoms with Gasteiger partial charge in [-0.3, -0.25) is 10.1 Å². The van der Waals surface area contributed by atoms with E-state index in [0.717, 1.165) is 5.56 Å². The van der Waals surface area contributed by atoms with Crippen LogP contribution in [0.3, 0.4) is 0 Å². The SMILES string of the molecule is COc1cc(C(=O)Nc2ncn(Cc3ccccc3)n2)cc(OC)c1Br. The van der Waals surface area contributed by atoms with Gasteiger partial charge in [-0.1, -0.05) is 30.3 Å². The summed E-state index contributed by atoms with van der Waals surface area (Å²) in [5.41, 5.74) is 1.47. The van der Waals surface area contributed by atoms with Crippen LogP contribution in [0.15, 0.2) is 53.3 Å². The monoisotopic (exact) mass is 416 g/mol. The lowest BCUT2D eigenvalue weighted by Gasteiger charge is -2.11. The minimum atomic E-state index is -0.355. The first-order chi connectivity index (χ1) is 12.6. The van der Waals surface area contributed by atoms with Gasteiger partial charge in [-0.2, -0.15) is 0 Å². The van der Waals surface area contributed by atoms with E-state index in [9.17, 15) is 4.79 Å². The Kier molecular flexibility index (Phi) is 5.52. The highest BCUT2D eigenvalue weighted by molar-refractivity contribution is 9.10. The number of amides is 1. The number of halogens is 1. The van der Waals surface area contributed by atoms with Crippen LogP contribution in [0.25, 0.3) is 0 Å². The molecule has 0 saturated carbocycles. The zero-order valence-electron chi connectivity index (χ0n) is 14.3. The molecule has 26 heavy (non-hydrogen) atoms. The first-order valence-corrected chi connectivity index (χ1v) is 8.56. The number of ether oxygens (including phenoxy) is 2. The van der Waals surface area contributed by atoms with Crippen LogP contribution >= 0.6 is 15.9 Å². The molecule has 0 aliphatic rings. The van der Waals surface area contributed by atoms with Gasteiger partial charge in [-0.05, 0) is 33.6 Å². The predicted octanol–water partition coefficient (Wildman–Crippen LogP) is 3.36. The Morgan fingerprint density at radius 1 is 1.15 bits per heavy atom. The van der Waals surface area contributed by atoms with Crippen LogP contribution < -0.4 is 14.8 Å². The highest BCUT2D eigenvalue weighted by Gasteiger charge is 2.16. The van der Waals surface area contributed by atoms with Crippen molar-refractivity contribution in [2.45, 2.75) is 6.54 Å². The van der Waals surface area contributed by atoms with Gasteiger partial charge in [0, 0.05) is 5.56 Å². The average Bonchev–Trinajstić information content (AvgIpc) is 3.09. The molecule has 0 spiro atoms. The highest BCUT2D eigenvalue weighted by atomic mass is 79.9. The Hall–Kier alpha value is -2.87. The molecule has 3 rings (SSSR count). The number of carbonyl (C=O) groups excluding carboxylic acids is 1. The lowest BCUT2D eigenvalue weighted by Crippen LogP contribution is -2.14. The summed E-state index contributed by atoms with van der Waals surface area (Å²) in [5.74, 6) is 0.868. The van der Waals surface area contributed by atoms with Gasteiger partial charge in [0.15, 0.2) is 0 Å². The minimum absolute atomic E-state index is 0.229. The van der Waals surface area contributed by atoms with Gasteiger partial charge in [0.1, 0.15) is 22.3 Å². The van der Waals surface area contributed by atoms with Gasteiger partial charge in [-0.25, -0.2) is 9.67 Å². The molecule has 0 radical (unpaired) electrons. The maximum absolute atomic E-state index is 12.5. The zero-order valence-corrected chi connectivity index (χ0v) is 15.9. The van der Waals surface area contributed by atoms with Crippen molar-refractivity contribution in [3.8, 4) is 11.5 Å². The number of methoxy groups -OCH3 is 2. The topological polar surface area (TPSA) is 78.3 Å². The maximum atomic E-state index is 12.5. The quantitative estimate of drug-likeness (QED) is 0.666. The van der Waals surface area contributed by atoms with E-state index in [1.807, 2.05) is 30.3 Å². The standard InChI is InChI=1S/C18H17BrN4O3/c1-25-14-8-13(9-15(26-2)16(14)19)17(24)21-18-20-11-23(22-18)10-12-6-4-3-5-7-12/h3-9,11H,10H2,1-2H3,(H,21,22,24). The second-order valence-corrected chi connectivity index (χ2v) is 6.19. The van der Waals surface area contributed by atoms with Gasteiger partial charge < -0.3 is 9.47 Å². The van der Waals surface area contributed by atoms with Gasteiger partial charge in [0.2, 0.25) is 5.95 Å². The first-order valence-electron chi connectivity index (χ1n) is 7.77. The van der Waals surface area contributed by atoms with Crippen molar-refractivity contribution in [2.24, 2.45) is 0 Å². The van der Waals surface area contributed by atoms with Crippen molar-refractivity contribution in [3.05, 3.63) is 64.4 Å². The first kappa shape index (κ1) is 17.9. The maximum Gasteiger partial charge on any atom is 0.258 e. The number of anilines is 1. The third kappa shape index (κ3) is 4.02. The molecule has 0 unspecified atom stereocenters. The number of nitrogens with one attached hydrogen (secondary N) is 1. The second kappa shape index (κ2) is 8.01. The summed E-state index contributed by atoms with van der Waals surface area (Å²) in [7, 11) is 3.04. The summed E-state index contributed by atoms with van der Waals surface area (Å²) in [5, 5.41) is 6.95. The molecule has 2 aromatic carbocycles. The third-order valence-corrected chi connectivity index (χ3v) is 4.44. The van der Waals surface area contributed by atoms with Crippen LogP contribution in [0.4, 0.5) is 5.95 Å². The number of benzene rings is 2. The highest BCUT2D eigenvalue weighted by Crippen LogP contribution is 2.35. The van der Waals surface area contributed by atoms with E-state index in [4.69, 9.17) is 9.47 Å². The molecule has 3 aromatic rings. The molecule has 8 heteroatoms. The third-order valence-electron chi connectivity index (χ3n) is 3.66. The van der Waals surface area contributed by atoms with Gasteiger partial charge >= 0.3 is 0 Å². The Labute approximate surface area is 159 Å². The Morgan fingerprint density at radius 2 is 1.81 bits per heavy atom. The lowest BCUT2D eigenvalue weighted by atomic mass is 10.2. The number of hydrogen-bond donors (Lipinski definition) is 1. The minimum Gasteiger partial charge on any atom is -0.495 e. The number of nitrogens with zero attached hydrogens (tertiary/aromatic N) is 3. The molecule has 1 aromatic heterocycles. The van der Waals surface area contributed by atoms with Crippen LogP contribution in [0, 0.1) is 0 Å². The molecule has 7 nitrogen and oxygen atoms in total. The van der Waals surface area contributed by atoms with E-state index < -0.39 is 0 Å². The zero-order chi connectivity index (χ0) is 18.5. The van der Waals surface area contributed by atoms with E-state index in [1.165, 1.54) is 14.2 Å². The van der Waals surface area contributed by atoms with Crippen molar-refractivity contribution in [1.29, 1.82) is 0 Å². The summed E-state index contributed by atoms with van der Waals surface area (Å²) < 4.78 is 12.8. The molecule has 0 saturated heterocycles. The largest absolute Gasteiger partial charge is 0.495 e. The molecule has 1 N–H and O–H groups in total. The molecule has 1 heterocycles. The number of hydrogen-bond acceptors (Lipinski definition) is 5. The summed E-state index contributed by atoms with van der Waals surface area (Å²) in [6.45, 7) is 0.573. The van der Waals surface area contributed by atoms with Crippen LogP contribution in [0.2, 0.25) is 0 Å². The van der Waals surface area contributed by atoms with Crippen molar-refractivity contribution < 1.29 is 14.3 Å². The Bertz CT molecular complexity index is 887. The van der Waals surface area contributed by atoms with E-state index >= 15 is 0 Å². The smallest absolute Gasteiger partial charge is 0.258 e. The molecule has 1 amide bonds. The van der Waals surface area contributed by atoms with Gasteiger partial charge in [0.25, 0.3) is 5.91 Å². The number of aromatic nitrogens is 3. The number of rotatable bonds is 6. The van der Waals surface area contributed by atoms with Crippen molar-refractivity contribution in [1.82, 2.24) is 14.8 Å². The van der Waals surface area contributed by atoms with Crippen LogP contribution in [0.5, 0.6) is 11.5 Å². The van der Waals surface area contributed by atoms with E-state index in [1.54, 1.807) is 23.1 Å². The normalized spacial score (nSPS) is 10.4. The Balaban J connectivity index is 1.74. The van der Waals surface area contributed by atoms with Crippen LogP contribution in [-0.4, -0.2) is 34.9 Å². The lowest BCUT2D eigenvalue weighted by molar-refractivity contribution is 0.102. The van der Waals surface area contributed by atoms with Crippen LogP contribution in [-0.2, 0) is 6.54 Å². The summed E-state index contributed by atoms with van der Waals surface area (Å²) in [6, 6.07) is 13.1. The van der Waals surface area contributed by atoms with Gasteiger partial charge in [0.05, 0.1) is 20.8 Å². The van der Waals surface area contributed by atoms with E-state index in [2.05, 4.69) is 31.3 Å². The van der Waals surface area contributed by atoms with E-state index in [-0.39, 0.29) is 11.9 Å². The molecule has 0 aliphatic carbocycles. The van der Waals surface area contributed by atoms with Gasteiger partial charge in [-0.15, -0.1) is 5.10 Å². The van der Waals surface area contributed by atoms with Crippen molar-refractivity contribution >= 4 is 27.8 Å². The van der Waals surface area contributed by atoms with Crippen molar-refractivity contribution in [3.63, 3.8) is 0 Å². The second-order valence-electron chi connectivity index (χ2n) is 5.40.